The summed E-state index contributed by atoms with van der Waals surface area (Å²) in [6.45, 7) is 3.88. The van der Waals surface area contributed by atoms with E-state index in [1.54, 1.807) is 0 Å². The molecule has 0 bridgehead atoms. The molecule has 0 aliphatic heterocycles. The lowest BCUT2D eigenvalue weighted by Gasteiger charge is -2.10. The molecule has 0 amide bonds. The molecule has 0 saturated heterocycles. The van der Waals surface area contributed by atoms with Crippen LogP contribution in [0.3, 0.4) is 0 Å². The van der Waals surface area contributed by atoms with E-state index in [9.17, 15) is 4.21 Å². The Morgan fingerprint density at radius 1 is 1.29 bits per heavy atom. The van der Waals surface area contributed by atoms with Crippen molar-refractivity contribution in [3.63, 3.8) is 0 Å². The van der Waals surface area contributed by atoms with Crippen molar-refractivity contribution in [3.8, 4) is 11.5 Å². The first-order valence-corrected chi connectivity index (χ1v) is 9.59. The van der Waals surface area contributed by atoms with Crippen molar-refractivity contribution >= 4 is 21.8 Å². The van der Waals surface area contributed by atoms with Crippen LogP contribution in [0.25, 0.3) is 22.6 Å². The van der Waals surface area contributed by atoms with E-state index in [-0.39, 0.29) is 0 Å². The molecular formula is C18H20N4OS. The fraction of sp³-hybridized carbons (Fsp3) is 0.389. The predicted molar refractivity (Wildman–Crippen MR) is 95.4 cm³/mol. The van der Waals surface area contributed by atoms with Crippen molar-refractivity contribution in [2.75, 3.05) is 5.75 Å². The number of nitrogens with zero attached hydrogens (tertiary/aromatic N) is 4. The van der Waals surface area contributed by atoms with Gasteiger partial charge in [0, 0.05) is 30.1 Å². The molecule has 3 heterocycles. The van der Waals surface area contributed by atoms with Gasteiger partial charge in [-0.1, -0.05) is 6.92 Å². The van der Waals surface area contributed by atoms with Crippen molar-refractivity contribution in [1.29, 1.82) is 0 Å². The Labute approximate surface area is 143 Å². The molecule has 1 atom stereocenters. The average molecular weight is 340 g/mol. The summed E-state index contributed by atoms with van der Waals surface area (Å²) in [5, 5.41) is 0. The first kappa shape index (κ1) is 15.4. The van der Waals surface area contributed by atoms with Crippen molar-refractivity contribution in [2.45, 2.75) is 37.5 Å². The SMILES string of the molecule is CCS(=O)c1ccc(C2CC2)nc1-c1nc2cc(C)ncc2n1C. The Kier molecular flexibility index (Phi) is 3.72. The molecule has 0 aromatic carbocycles. The maximum absolute atomic E-state index is 12.5. The van der Waals surface area contributed by atoms with Gasteiger partial charge in [0.15, 0.2) is 5.82 Å². The normalized spacial score (nSPS) is 15.8. The molecule has 5 nitrogen and oxygen atoms in total. The van der Waals surface area contributed by atoms with E-state index >= 15 is 0 Å². The lowest BCUT2D eigenvalue weighted by Crippen LogP contribution is -2.04. The van der Waals surface area contributed by atoms with E-state index in [2.05, 4.69) is 4.98 Å². The fourth-order valence-corrected chi connectivity index (χ4v) is 3.85. The van der Waals surface area contributed by atoms with Crippen LogP contribution in [0.4, 0.5) is 0 Å². The molecule has 1 aliphatic rings. The summed E-state index contributed by atoms with van der Waals surface area (Å²) in [7, 11) is 0.895. The van der Waals surface area contributed by atoms with Crippen molar-refractivity contribution in [3.05, 3.63) is 35.8 Å². The third-order valence-corrected chi connectivity index (χ3v) is 5.84. The molecule has 124 valence electrons. The highest BCUT2D eigenvalue weighted by molar-refractivity contribution is 7.85. The number of fused-ring (bicyclic) bond motifs is 1. The zero-order valence-corrected chi connectivity index (χ0v) is 14.9. The molecule has 4 rings (SSSR count). The highest BCUT2D eigenvalue weighted by atomic mass is 32.2. The van der Waals surface area contributed by atoms with E-state index in [1.165, 1.54) is 12.8 Å². The summed E-state index contributed by atoms with van der Waals surface area (Å²) in [4.78, 5) is 14.8. The number of hydrogen-bond acceptors (Lipinski definition) is 4. The summed E-state index contributed by atoms with van der Waals surface area (Å²) >= 11 is 0. The van der Waals surface area contributed by atoms with E-state index in [1.807, 2.05) is 49.9 Å². The van der Waals surface area contributed by atoms with Gasteiger partial charge in [-0.25, -0.2) is 9.97 Å². The second-order valence-corrected chi connectivity index (χ2v) is 8.01. The highest BCUT2D eigenvalue weighted by Crippen LogP contribution is 2.40. The molecule has 0 radical (unpaired) electrons. The van der Waals surface area contributed by atoms with Gasteiger partial charge < -0.3 is 4.57 Å². The highest BCUT2D eigenvalue weighted by Gasteiger charge is 2.27. The third kappa shape index (κ3) is 2.55. The third-order valence-electron chi connectivity index (χ3n) is 4.50. The van der Waals surface area contributed by atoms with Gasteiger partial charge in [0.25, 0.3) is 0 Å². The van der Waals surface area contributed by atoms with Crippen LogP contribution in [0, 0.1) is 6.92 Å². The van der Waals surface area contributed by atoms with Crippen LogP contribution in [-0.4, -0.2) is 29.5 Å². The van der Waals surface area contributed by atoms with Gasteiger partial charge in [-0.05, 0) is 38.0 Å². The Morgan fingerprint density at radius 3 is 2.79 bits per heavy atom. The summed E-state index contributed by atoms with van der Waals surface area (Å²) in [6.07, 6.45) is 4.21. The molecule has 1 fully saturated rings. The van der Waals surface area contributed by atoms with Crippen LogP contribution in [-0.2, 0) is 17.8 Å². The van der Waals surface area contributed by atoms with E-state index in [0.29, 0.717) is 11.7 Å². The van der Waals surface area contributed by atoms with Crippen LogP contribution in [0.15, 0.2) is 29.3 Å². The molecule has 6 heteroatoms. The van der Waals surface area contributed by atoms with Gasteiger partial charge in [-0.2, -0.15) is 0 Å². The lowest BCUT2D eigenvalue weighted by atomic mass is 10.2. The molecule has 0 spiro atoms. The lowest BCUT2D eigenvalue weighted by molar-refractivity contribution is 0.683. The van der Waals surface area contributed by atoms with Crippen LogP contribution in [0.5, 0.6) is 0 Å². The topological polar surface area (TPSA) is 60.7 Å². The van der Waals surface area contributed by atoms with Crippen LogP contribution < -0.4 is 0 Å². The zero-order chi connectivity index (χ0) is 16.8. The monoisotopic (exact) mass is 340 g/mol. The number of imidazole rings is 1. The quantitative estimate of drug-likeness (QED) is 0.731. The average Bonchev–Trinajstić information content (AvgIpc) is 3.38. The van der Waals surface area contributed by atoms with Gasteiger partial charge in [0.1, 0.15) is 5.69 Å². The Hall–Kier alpha value is -2.08. The van der Waals surface area contributed by atoms with Gasteiger partial charge in [-0.3, -0.25) is 9.19 Å². The maximum atomic E-state index is 12.5. The predicted octanol–water partition coefficient (Wildman–Crippen LogP) is 3.34. The van der Waals surface area contributed by atoms with Crippen molar-refractivity contribution in [1.82, 2.24) is 19.5 Å². The molecule has 1 saturated carbocycles. The minimum Gasteiger partial charge on any atom is -0.325 e. The standard InChI is InChI=1S/C18H20N4OS/c1-4-24(23)16-8-7-13(12-5-6-12)20-17(16)18-21-14-9-11(2)19-10-15(14)22(18)3/h7-10,12H,4-6H2,1-3H3. The second-order valence-electron chi connectivity index (χ2n) is 6.30. The molecule has 24 heavy (non-hydrogen) atoms. The maximum Gasteiger partial charge on any atom is 0.160 e. The molecular weight excluding hydrogens is 320 g/mol. The van der Waals surface area contributed by atoms with E-state index in [0.717, 1.165) is 38.8 Å². The van der Waals surface area contributed by atoms with Gasteiger partial charge in [0.2, 0.25) is 0 Å². The minimum absolute atomic E-state index is 0.548. The van der Waals surface area contributed by atoms with Crippen molar-refractivity contribution < 1.29 is 4.21 Å². The molecule has 0 N–H and O–H groups in total. The second kappa shape index (κ2) is 5.77. The summed E-state index contributed by atoms with van der Waals surface area (Å²) in [6, 6.07) is 5.97. The Morgan fingerprint density at radius 2 is 2.08 bits per heavy atom. The molecule has 3 aromatic rings. The van der Waals surface area contributed by atoms with Crippen LogP contribution in [0.2, 0.25) is 0 Å². The van der Waals surface area contributed by atoms with Crippen LogP contribution in [0.1, 0.15) is 37.1 Å². The zero-order valence-electron chi connectivity index (χ0n) is 14.1. The van der Waals surface area contributed by atoms with Gasteiger partial charge in [0.05, 0.1) is 32.9 Å². The fourth-order valence-electron chi connectivity index (χ4n) is 2.97. The van der Waals surface area contributed by atoms with E-state index in [4.69, 9.17) is 9.97 Å². The number of rotatable bonds is 4. The number of aryl methyl sites for hydroxylation is 2. The smallest absolute Gasteiger partial charge is 0.160 e. The Bertz CT molecular complexity index is 959. The van der Waals surface area contributed by atoms with Gasteiger partial charge in [-0.15, -0.1) is 0 Å². The minimum atomic E-state index is -1.07. The van der Waals surface area contributed by atoms with Gasteiger partial charge >= 0.3 is 0 Å². The van der Waals surface area contributed by atoms with Crippen LogP contribution >= 0.6 is 0 Å². The Balaban J connectivity index is 1.95. The number of aromatic nitrogens is 4. The molecule has 3 aromatic heterocycles. The molecule has 1 aliphatic carbocycles. The first-order chi connectivity index (χ1) is 11.6. The summed E-state index contributed by atoms with van der Waals surface area (Å²) in [5.41, 5.74) is 4.62. The van der Waals surface area contributed by atoms with E-state index < -0.39 is 10.8 Å². The van der Waals surface area contributed by atoms with Crippen molar-refractivity contribution in [2.24, 2.45) is 7.05 Å². The number of pyridine rings is 2. The summed E-state index contributed by atoms with van der Waals surface area (Å²) in [5.74, 6) is 1.88. The number of hydrogen-bond donors (Lipinski definition) is 0. The largest absolute Gasteiger partial charge is 0.325 e. The molecule has 1 unspecified atom stereocenters. The first-order valence-electron chi connectivity index (χ1n) is 8.27. The summed E-state index contributed by atoms with van der Waals surface area (Å²) < 4.78 is 14.5.